The van der Waals surface area contributed by atoms with Crippen molar-refractivity contribution in [3.05, 3.63) is 65.1 Å². The van der Waals surface area contributed by atoms with Gasteiger partial charge in [0.15, 0.2) is 0 Å². The minimum Gasteiger partial charge on any atom is -0.384 e. The first kappa shape index (κ1) is 17.3. The van der Waals surface area contributed by atoms with Crippen molar-refractivity contribution in [1.29, 1.82) is 0 Å². The van der Waals surface area contributed by atoms with Crippen LogP contribution in [-0.2, 0) is 25.1 Å². The van der Waals surface area contributed by atoms with Crippen LogP contribution >= 0.6 is 0 Å². The molecule has 1 atom stereocenters. The second kappa shape index (κ2) is 6.53. The van der Waals surface area contributed by atoms with Gasteiger partial charge in [0.1, 0.15) is 5.60 Å². The first-order valence-electron chi connectivity index (χ1n) is 9.45. The van der Waals surface area contributed by atoms with E-state index in [1.165, 1.54) is 27.7 Å². The molecular formula is C22H27N3O. The molecule has 1 aliphatic heterocycles. The first-order valence-corrected chi connectivity index (χ1v) is 9.45. The fourth-order valence-corrected chi connectivity index (χ4v) is 4.18. The molecule has 4 nitrogen and oxygen atoms in total. The Kier molecular flexibility index (Phi) is 4.33. The summed E-state index contributed by atoms with van der Waals surface area (Å²) in [6, 6.07) is 10.5. The number of pyridine rings is 1. The van der Waals surface area contributed by atoms with Crippen molar-refractivity contribution >= 4 is 10.9 Å². The van der Waals surface area contributed by atoms with E-state index in [1.54, 1.807) is 12.4 Å². The molecule has 4 heteroatoms. The Hall–Kier alpha value is -2.17. The summed E-state index contributed by atoms with van der Waals surface area (Å²) in [5.74, 6) is 0. The maximum absolute atomic E-state index is 11.2. The first-order chi connectivity index (χ1) is 12.5. The molecule has 0 saturated carbocycles. The number of nitrogens with zero attached hydrogens (tertiary/aromatic N) is 3. The average Bonchev–Trinajstić information content (AvgIpc) is 2.94. The zero-order chi connectivity index (χ0) is 18.3. The van der Waals surface area contributed by atoms with Gasteiger partial charge in [-0.15, -0.1) is 0 Å². The van der Waals surface area contributed by atoms with Gasteiger partial charge < -0.3 is 9.67 Å². The molecule has 136 valence electrons. The fourth-order valence-electron chi connectivity index (χ4n) is 4.18. The van der Waals surface area contributed by atoms with E-state index in [9.17, 15) is 5.11 Å². The maximum atomic E-state index is 11.2. The van der Waals surface area contributed by atoms with Gasteiger partial charge in [-0.3, -0.25) is 9.88 Å². The van der Waals surface area contributed by atoms with E-state index >= 15 is 0 Å². The van der Waals surface area contributed by atoms with Gasteiger partial charge in [0.25, 0.3) is 0 Å². The highest BCUT2D eigenvalue weighted by Crippen LogP contribution is 2.34. The van der Waals surface area contributed by atoms with Crippen LogP contribution in [0.15, 0.2) is 42.7 Å². The van der Waals surface area contributed by atoms with Crippen molar-refractivity contribution in [3.63, 3.8) is 0 Å². The Morgan fingerprint density at radius 2 is 1.96 bits per heavy atom. The van der Waals surface area contributed by atoms with E-state index in [4.69, 9.17) is 0 Å². The van der Waals surface area contributed by atoms with E-state index in [2.05, 4.69) is 46.5 Å². The third-order valence-corrected chi connectivity index (χ3v) is 5.70. The number of aromatic nitrogens is 2. The molecule has 0 saturated heterocycles. The van der Waals surface area contributed by atoms with Crippen LogP contribution in [-0.4, -0.2) is 32.6 Å². The molecule has 26 heavy (non-hydrogen) atoms. The summed E-state index contributed by atoms with van der Waals surface area (Å²) in [5, 5.41) is 12.5. The SMILES string of the molecule is CCN1CCc2c(c3cc(C)ccc3n2CC(C)(O)c2ccncc2)C1. The molecule has 4 rings (SSSR count). The Morgan fingerprint density at radius 1 is 1.19 bits per heavy atom. The topological polar surface area (TPSA) is 41.3 Å². The summed E-state index contributed by atoms with van der Waals surface area (Å²) >= 11 is 0. The van der Waals surface area contributed by atoms with Crippen LogP contribution in [0.2, 0.25) is 0 Å². The quantitative estimate of drug-likeness (QED) is 0.782. The molecule has 0 bridgehead atoms. The van der Waals surface area contributed by atoms with Crippen LogP contribution in [0.5, 0.6) is 0 Å². The van der Waals surface area contributed by atoms with E-state index in [0.717, 1.165) is 31.6 Å². The van der Waals surface area contributed by atoms with Gasteiger partial charge in [-0.05, 0) is 55.8 Å². The second-order valence-electron chi connectivity index (χ2n) is 7.66. The van der Waals surface area contributed by atoms with Crippen molar-refractivity contribution in [3.8, 4) is 0 Å². The molecule has 3 heterocycles. The average molecular weight is 349 g/mol. The number of aliphatic hydroxyl groups is 1. The lowest BCUT2D eigenvalue weighted by Gasteiger charge is -2.29. The molecule has 2 aromatic heterocycles. The number of hydrogen-bond acceptors (Lipinski definition) is 3. The summed E-state index contributed by atoms with van der Waals surface area (Å²) in [6.45, 7) is 9.98. The Bertz CT molecular complexity index is 927. The number of rotatable bonds is 4. The van der Waals surface area contributed by atoms with Crippen molar-refractivity contribution in [2.45, 2.75) is 45.9 Å². The number of aryl methyl sites for hydroxylation is 1. The van der Waals surface area contributed by atoms with Crippen LogP contribution in [0, 0.1) is 6.92 Å². The molecule has 1 N–H and O–H groups in total. The maximum Gasteiger partial charge on any atom is 0.105 e. The van der Waals surface area contributed by atoms with E-state index in [1.807, 2.05) is 19.1 Å². The number of likely N-dealkylation sites (N-methyl/N-ethyl adjacent to an activating group) is 1. The zero-order valence-electron chi connectivity index (χ0n) is 15.9. The van der Waals surface area contributed by atoms with Gasteiger partial charge in [-0.2, -0.15) is 0 Å². The fraction of sp³-hybridized carbons (Fsp3) is 0.409. The Balaban J connectivity index is 1.83. The summed E-state index contributed by atoms with van der Waals surface area (Å²) < 4.78 is 2.34. The van der Waals surface area contributed by atoms with Crippen LogP contribution in [0.25, 0.3) is 10.9 Å². The molecule has 1 unspecified atom stereocenters. The smallest absolute Gasteiger partial charge is 0.105 e. The van der Waals surface area contributed by atoms with Gasteiger partial charge in [-0.1, -0.05) is 18.6 Å². The molecule has 1 aliphatic rings. The number of fused-ring (bicyclic) bond motifs is 3. The molecule has 0 aliphatic carbocycles. The Morgan fingerprint density at radius 3 is 2.69 bits per heavy atom. The predicted molar refractivity (Wildman–Crippen MR) is 105 cm³/mol. The third-order valence-electron chi connectivity index (χ3n) is 5.70. The van der Waals surface area contributed by atoms with Crippen LogP contribution in [0.1, 0.15) is 36.2 Å². The van der Waals surface area contributed by atoms with Gasteiger partial charge in [0, 0.05) is 48.5 Å². The molecule has 1 aromatic carbocycles. The highest BCUT2D eigenvalue weighted by molar-refractivity contribution is 5.86. The Labute approximate surface area is 155 Å². The molecule has 3 aromatic rings. The lowest BCUT2D eigenvalue weighted by molar-refractivity contribution is 0.0383. The minimum absolute atomic E-state index is 0.554. The summed E-state index contributed by atoms with van der Waals surface area (Å²) in [5.41, 5.74) is 5.29. The van der Waals surface area contributed by atoms with E-state index in [0.29, 0.717) is 6.54 Å². The monoisotopic (exact) mass is 349 g/mol. The van der Waals surface area contributed by atoms with E-state index < -0.39 is 5.60 Å². The lowest BCUT2D eigenvalue weighted by Crippen LogP contribution is -2.33. The van der Waals surface area contributed by atoms with Crippen LogP contribution in [0.4, 0.5) is 0 Å². The van der Waals surface area contributed by atoms with Crippen LogP contribution in [0.3, 0.4) is 0 Å². The highest BCUT2D eigenvalue weighted by Gasteiger charge is 2.29. The van der Waals surface area contributed by atoms with Crippen molar-refractivity contribution in [1.82, 2.24) is 14.5 Å². The largest absolute Gasteiger partial charge is 0.384 e. The standard InChI is InChI=1S/C22H27N3O/c1-4-24-12-9-21-19(14-24)18-13-16(2)5-6-20(18)25(21)15-22(3,26)17-7-10-23-11-8-17/h5-8,10-11,13,26H,4,9,12,14-15H2,1-3H3. The second-order valence-corrected chi connectivity index (χ2v) is 7.66. The summed E-state index contributed by atoms with van der Waals surface area (Å²) in [7, 11) is 0. The van der Waals surface area contributed by atoms with Crippen molar-refractivity contribution in [2.24, 2.45) is 0 Å². The van der Waals surface area contributed by atoms with Crippen LogP contribution < -0.4 is 0 Å². The zero-order valence-corrected chi connectivity index (χ0v) is 15.9. The third kappa shape index (κ3) is 2.93. The lowest BCUT2D eigenvalue weighted by atomic mass is 9.96. The molecule has 0 amide bonds. The van der Waals surface area contributed by atoms with Crippen molar-refractivity contribution < 1.29 is 5.11 Å². The molecular weight excluding hydrogens is 322 g/mol. The van der Waals surface area contributed by atoms with Crippen molar-refractivity contribution in [2.75, 3.05) is 13.1 Å². The van der Waals surface area contributed by atoms with Gasteiger partial charge >= 0.3 is 0 Å². The predicted octanol–water partition coefficient (Wildman–Crippen LogP) is 3.63. The summed E-state index contributed by atoms with van der Waals surface area (Å²) in [4.78, 5) is 6.58. The van der Waals surface area contributed by atoms with Gasteiger partial charge in [-0.25, -0.2) is 0 Å². The molecule has 0 spiro atoms. The molecule has 0 fully saturated rings. The van der Waals surface area contributed by atoms with Gasteiger partial charge in [0.2, 0.25) is 0 Å². The highest BCUT2D eigenvalue weighted by atomic mass is 16.3. The molecule has 0 radical (unpaired) electrons. The minimum atomic E-state index is -0.935. The number of hydrogen-bond donors (Lipinski definition) is 1. The number of benzene rings is 1. The normalized spacial score (nSPS) is 17.2. The summed E-state index contributed by atoms with van der Waals surface area (Å²) in [6.07, 6.45) is 4.52. The van der Waals surface area contributed by atoms with E-state index in [-0.39, 0.29) is 0 Å². The van der Waals surface area contributed by atoms with Gasteiger partial charge in [0.05, 0.1) is 6.54 Å².